The van der Waals surface area contributed by atoms with Crippen molar-refractivity contribution in [3.63, 3.8) is 0 Å². The van der Waals surface area contributed by atoms with E-state index in [1.165, 1.54) is 13.5 Å². The van der Waals surface area contributed by atoms with Gasteiger partial charge >= 0.3 is 5.97 Å². The van der Waals surface area contributed by atoms with E-state index in [1.54, 1.807) is 24.3 Å². The van der Waals surface area contributed by atoms with Crippen LogP contribution in [0.15, 0.2) is 42.5 Å². The zero-order valence-electron chi connectivity index (χ0n) is 18.3. The minimum Gasteiger partial charge on any atom is -0.484 e. The molecule has 0 saturated heterocycles. The Morgan fingerprint density at radius 1 is 1.09 bits per heavy atom. The lowest BCUT2D eigenvalue weighted by Crippen LogP contribution is -2.21. The number of methoxy groups -OCH3 is 1. The first kappa shape index (κ1) is 21.5. The third kappa shape index (κ3) is 4.80. The predicted molar refractivity (Wildman–Crippen MR) is 120 cm³/mol. The van der Waals surface area contributed by atoms with Crippen molar-refractivity contribution in [3.8, 4) is 17.1 Å². The molecule has 8 heteroatoms. The molecule has 1 aliphatic rings. The molecular formula is C24H26N4O4. The number of ether oxygens (including phenoxy) is 2. The third-order valence-electron chi connectivity index (χ3n) is 5.50. The van der Waals surface area contributed by atoms with Crippen LogP contribution in [0.25, 0.3) is 11.4 Å². The van der Waals surface area contributed by atoms with Gasteiger partial charge in [-0.1, -0.05) is 24.6 Å². The highest BCUT2D eigenvalue weighted by Gasteiger charge is 2.17. The number of fused-ring (bicyclic) bond motifs is 1. The molecule has 0 bridgehead atoms. The lowest BCUT2D eigenvalue weighted by molar-refractivity contribution is -0.118. The van der Waals surface area contributed by atoms with E-state index in [1.807, 2.05) is 25.1 Å². The Morgan fingerprint density at radius 3 is 2.81 bits per heavy atom. The number of nitrogens with zero attached hydrogens (tertiary/aromatic N) is 3. The molecule has 4 rings (SSSR count). The van der Waals surface area contributed by atoms with Crippen LogP contribution < -0.4 is 10.1 Å². The molecule has 0 fully saturated rings. The molecule has 0 saturated carbocycles. The van der Waals surface area contributed by atoms with Crippen molar-refractivity contribution >= 4 is 17.6 Å². The second kappa shape index (κ2) is 9.64. The normalized spacial score (nSPS) is 13.1. The molecule has 0 unspecified atom stereocenters. The highest BCUT2D eigenvalue weighted by Crippen LogP contribution is 2.26. The summed E-state index contributed by atoms with van der Waals surface area (Å²) in [4.78, 5) is 24.2. The van der Waals surface area contributed by atoms with Crippen molar-refractivity contribution < 1.29 is 19.1 Å². The number of carbonyl (C=O) groups is 2. The van der Waals surface area contributed by atoms with E-state index in [9.17, 15) is 9.59 Å². The smallest absolute Gasteiger partial charge is 0.337 e. The summed E-state index contributed by atoms with van der Waals surface area (Å²) in [6, 6.07) is 12.5. The molecule has 166 valence electrons. The molecule has 1 amide bonds. The van der Waals surface area contributed by atoms with Gasteiger partial charge in [-0.15, -0.1) is 10.2 Å². The molecule has 0 radical (unpaired) electrons. The summed E-state index contributed by atoms with van der Waals surface area (Å²) in [6.07, 6.45) is 4.40. The number of nitrogens with one attached hydrogen (secondary N) is 1. The van der Waals surface area contributed by atoms with Crippen LogP contribution in [-0.2, 0) is 22.5 Å². The van der Waals surface area contributed by atoms with E-state index in [-0.39, 0.29) is 12.5 Å². The van der Waals surface area contributed by atoms with Gasteiger partial charge in [0.2, 0.25) is 0 Å². The van der Waals surface area contributed by atoms with E-state index in [2.05, 4.69) is 20.1 Å². The summed E-state index contributed by atoms with van der Waals surface area (Å²) >= 11 is 0. The molecule has 32 heavy (non-hydrogen) atoms. The maximum atomic E-state index is 12.5. The van der Waals surface area contributed by atoms with Crippen molar-refractivity contribution in [2.45, 2.75) is 39.2 Å². The topological polar surface area (TPSA) is 95.3 Å². The largest absolute Gasteiger partial charge is 0.484 e. The fourth-order valence-corrected chi connectivity index (χ4v) is 3.76. The molecule has 2 heterocycles. The first-order valence-electron chi connectivity index (χ1n) is 10.7. The summed E-state index contributed by atoms with van der Waals surface area (Å²) in [7, 11) is 1.32. The second-order valence-corrected chi connectivity index (χ2v) is 7.79. The average Bonchev–Trinajstić information content (AvgIpc) is 3.07. The Kier molecular flexibility index (Phi) is 6.49. The van der Waals surface area contributed by atoms with Crippen LogP contribution in [0.3, 0.4) is 0 Å². The van der Waals surface area contributed by atoms with E-state index in [0.29, 0.717) is 17.0 Å². The van der Waals surface area contributed by atoms with E-state index in [4.69, 9.17) is 9.47 Å². The Labute approximate surface area is 186 Å². The molecule has 8 nitrogen and oxygen atoms in total. The quantitative estimate of drug-likeness (QED) is 0.593. The maximum absolute atomic E-state index is 12.5. The lowest BCUT2D eigenvalue weighted by atomic mass is 10.1. The highest BCUT2D eigenvalue weighted by molar-refractivity contribution is 5.95. The second-order valence-electron chi connectivity index (χ2n) is 7.79. The average molecular weight is 434 g/mol. The minimum atomic E-state index is -0.458. The number of amides is 1. The van der Waals surface area contributed by atoms with Crippen LogP contribution in [0.5, 0.6) is 5.75 Å². The Hall–Kier alpha value is -3.68. The summed E-state index contributed by atoms with van der Waals surface area (Å²) < 4.78 is 12.6. The van der Waals surface area contributed by atoms with Gasteiger partial charge in [-0.2, -0.15) is 0 Å². The van der Waals surface area contributed by atoms with Crippen molar-refractivity contribution in [2.24, 2.45) is 0 Å². The fourth-order valence-electron chi connectivity index (χ4n) is 3.76. The molecule has 1 N–H and O–H groups in total. The van der Waals surface area contributed by atoms with Gasteiger partial charge in [0.25, 0.3) is 5.91 Å². The number of anilines is 1. The fraction of sp³-hybridized carbons (Fsp3) is 0.333. The number of rotatable bonds is 6. The van der Waals surface area contributed by atoms with Crippen LogP contribution in [-0.4, -0.2) is 40.4 Å². The molecule has 0 spiro atoms. The summed E-state index contributed by atoms with van der Waals surface area (Å²) in [5.74, 6) is 1.64. The Balaban J connectivity index is 1.43. The number of hydrogen-bond acceptors (Lipinski definition) is 6. The van der Waals surface area contributed by atoms with Crippen molar-refractivity contribution in [1.82, 2.24) is 14.8 Å². The summed E-state index contributed by atoms with van der Waals surface area (Å²) in [5, 5.41) is 11.5. The number of esters is 1. The van der Waals surface area contributed by atoms with Gasteiger partial charge < -0.3 is 19.4 Å². The first-order valence-corrected chi connectivity index (χ1v) is 10.7. The zero-order chi connectivity index (χ0) is 22.5. The van der Waals surface area contributed by atoms with E-state index >= 15 is 0 Å². The number of carbonyl (C=O) groups excluding carboxylic acids is 2. The predicted octanol–water partition coefficient (Wildman–Crippen LogP) is 3.78. The molecule has 0 atom stereocenters. The summed E-state index contributed by atoms with van der Waals surface area (Å²) in [6.45, 7) is 2.60. The van der Waals surface area contributed by atoms with Crippen LogP contribution in [0.1, 0.15) is 41.0 Å². The number of hydrogen-bond donors (Lipinski definition) is 1. The Bertz CT molecular complexity index is 1140. The molecule has 3 aromatic rings. The highest BCUT2D eigenvalue weighted by atomic mass is 16.5. The van der Waals surface area contributed by atoms with Crippen molar-refractivity contribution in [3.05, 3.63) is 59.4 Å². The molecule has 1 aliphatic heterocycles. The van der Waals surface area contributed by atoms with E-state index < -0.39 is 5.97 Å². The van der Waals surface area contributed by atoms with Crippen LogP contribution in [0.2, 0.25) is 0 Å². The van der Waals surface area contributed by atoms with Gasteiger partial charge in [0, 0.05) is 24.2 Å². The lowest BCUT2D eigenvalue weighted by Gasteiger charge is -2.12. The van der Waals surface area contributed by atoms with Crippen molar-refractivity contribution in [1.29, 1.82) is 0 Å². The maximum Gasteiger partial charge on any atom is 0.337 e. The van der Waals surface area contributed by atoms with Crippen LogP contribution in [0, 0.1) is 6.92 Å². The van der Waals surface area contributed by atoms with Crippen molar-refractivity contribution in [2.75, 3.05) is 19.0 Å². The van der Waals surface area contributed by atoms with Gasteiger partial charge in [-0.05, 0) is 49.6 Å². The number of aromatic nitrogens is 3. The van der Waals surface area contributed by atoms with Gasteiger partial charge in [-0.25, -0.2) is 4.79 Å². The van der Waals surface area contributed by atoms with Crippen LogP contribution >= 0.6 is 0 Å². The van der Waals surface area contributed by atoms with Gasteiger partial charge in [0.15, 0.2) is 12.4 Å². The number of aryl methyl sites for hydroxylation is 2. The van der Waals surface area contributed by atoms with Gasteiger partial charge in [-0.3, -0.25) is 4.79 Å². The van der Waals surface area contributed by atoms with Gasteiger partial charge in [0.05, 0.1) is 12.7 Å². The monoisotopic (exact) mass is 434 g/mol. The Morgan fingerprint density at radius 2 is 1.97 bits per heavy atom. The van der Waals surface area contributed by atoms with E-state index in [0.717, 1.165) is 48.6 Å². The molecule has 1 aromatic heterocycles. The van der Waals surface area contributed by atoms with Crippen LogP contribution in [0.4, 0.5) is 5.69 Å². The SMILES string of the molecule is COC(=O)c1ccc(C)c(NC(=O)COc2cccc(-c3nnc4n3CCCCC4)c2)c1. The molecule has 0 aliphatic carbocycles. The van der Waals surface area contributed by atoms with Gasteiger partial charge in [0.1, 0.15) is 11.6 Å². The standard InChI is InChI=1S/C24H26N4O4/c1-16-10-11-18(24(30)31-2)14-20(16)25-22(29)15-32-19-8-6-7-17(13-19)23-27-26-21-9-4-3-5-12-28(21)23/h6-8,10-11,13-14H,3-5,9,12,15H2,1-2H3,(H,25,29). The minimum absolute atomic E-state index is 0.163. The summed E-state index contributed by atoms with van der Waals surface area (Å²) in [5.41, 5.74) is 2.65. The third-order valence-corrected chi connectivity index (χ3v) is 5.50. The zero-order valence-corrected chi connectivity index (χ0v) is 18.3. The molecular weight excluding hydrogens is 408 g/mol. The number of benzene rings is 2. The molecule has 2 aromatic carbocycles. The first-order chi connectivity index (χ1) is 15.5.